The molecule has 17 heavy (non-hydrogen) atoms. The van der Waals surface area contributed by atoms with Crippen LogP contribution in [0.4, 0.5) is 0 Å². The highest BCUT2D eigenvalue weighted by Gasteiger charge is 2.34. The lowest BCUT2D eigenvalue weighted by Crippen LogP contribution is -2.46. The zero-order chi connectivity index (χ0) is 13.1. The van der Waals surface area contributed by atoms with Crippen molar-refractivity contribution in [3.05, 3.63) is 0 Å². The van der Waals surface area contributed by atoms with Gasteiger partial charge in [0.1, 0.15) is 0 Å². The van der Waals surface area contributed by atoms with Crippen molar-refractivity contribution in [2.24, 2.45) is 16.7 Å². The van der Waals surface area contributed by atoms with Gasteiger partial charge in [-0.2, -0.15) is 5.26 Å². The number of hydrogen-bond acceptors (Lipinski definition) is 2. The summed E-state index contributed by atoms with van der Waals surface area (Å²) in [6, 6.07) is 2.97. The molecule has 0 aromatic carbocycles. The van der Waals surface area contributed by atoms with Crippen molar-refractivity contribution < 1.29 is 0 Å². The van der Waals surface area contributed by atoms with E-state index >= 15 is 0 Å². The first-order chi connectivity index (χ1) is 7.76. The van der Waals surface area contributed by atoms with Crippen LogP contribution in [0.5, 0.6) is 0 Å². The summed E-state index contributed by atoms with van der Waals surface area (Å²) in [5, 5.41) is 12.7. The fourth-order valence-electron chi connectivity index (χ4n) is 2.84. The van der Waals surface area contributed by atoms with Crippen molar-refractivity contribution in [3.63, 3.8) is 0 Å². The highest BCUT2D eigenvalue weighted by Crippen LogP contribution is 2.38. The van der Waals surface area contributed by atoms with Gasteiger partial charge in [0.15, 0.2) is 0 Å². The van der Waals surface area contributed by atoms with Crippen LogP contribution < -0.4 is 5.32 Å². The molecule has 1 aliphatic carbocycles. The number of hydrogen-bond donors (Lipinski definition) is 1. The van der Waals surface area contributed by atoms with Gasteiger partial charge in [-0.3, -0.25) is 0 Å². The van der Waals surface area contributed by atoms with Gasteiger partial charge in [0, 0.05) is 12.6 Å². The van der Waals surface area contributed by atoms with Crippen LogP contribution in [-0.2, 0) is 0 Å². The maximum atomic E-state index is 9.06. The Morgan fingerprint density at radius 1 is 1.12 bits per heavy atom. The second-order valence-corrected chi connectivity index (χ2v) is 7.24. The largest absolute Gasteiger partial charge is 0.312 e. The summed E-state index contributed by atoms with van der Waals surface area (Å²) in [5.74, 6) is 0.741. The minimum absolute atomic E-state index is 0.250. The molecule has 1 fully saturated rings. The van der Waals surface area contributed by atoms with Crippen molar-refractivity contribution in [1.29, 1.82) is 5.26 Å². The summed E-state index contributed by atoms with van der Waals surface area (Å²) in [5.41, 5.74) is 0.120. The highest BCUT2D eigenvalue weighted by atomic mass is 14.9. The molecule has 1 rings (SSSR count). The van der Waals surface area contributed by atoms with Gasteiger partial charge in [0.05, 0.1) is 11.5 Å². The van der Waals surface area contributed by atoms with Crippen LogP contribution in [0, 0.1) is 28.1 Å². The number of nitrogens with one attached hydrogen (secondary N) is 1. The van der Waals surface area contributed by atoms with Crippen molar-refractivity contribution in [1.82, 2.24) is 5.32 Å². The molecule has 0 spiro atoms. The van der Waals surface area contributed by atoms with Gasteiger partial charge >= 0.3 is 0 Å². The molecular weight excluding hydrogens is 208 g/mol. The molecule has 0 heterocycles. The molecule has 1 aliphatic rings. The van der Waals surface area contributed by atoms with E-state index in [1.807, 2.05) is 13.8 Å². The normalized spacial score (nSPS) is 26.6. The molecule has 1 N–H and O–H groups in total. The average molecular weight is 236 g/mol. The van der Waals surface area contributed by atoms with Gasteiger partial charge in [0.25, 0.3) is 0 Å². The minimum atomic E-state index is -0.250. The molecule has 0 aromatic heterocycles. The summed E-state index contributed by atoms with van der Waals surface area (Å²) in [6.45, 7) is 11.8. The summed E-state index contributed by atoms with van der Waals surface area (Å²) < 4.78 is 0. The molecule has 1 saturated carbocycles. The smallest absolute Gasteiger partial charge is 0.0697 e. The van der Waals surface area contributed by atoms with Gasteiger partial charge in [-0.05, 0) is 38.0 Å². The topological polar surface area (TPSA) is 35.8 Å². The number of rotatable bonds is 3. The van der Waals surface area contributed by atoms with E-state index in [0.29, 0.717) is 11.5 Å². The van der Waals surface area contributed by atoms with Crippen molar-refractivity contribution in [2.45, 2.75) is 66.3 Å². The van der Waals surface area contributed by atoms with Crippen LogP contribution in [0.3, 0.4) is 0 Å². The number of nitrogens with zero attached hydrogens (tertiary/aromatic N) is 1. The Bertz CT molecular complexity index is 280. The summed E-state index contributed by atoms with van der Waals surface area (Å²) >= 11 is 0. The first-order valence-electron chi connectivity index (χ1n) is 6.91. The molecule has 0 bridgehead atoms. The fraction of sp³-hybridized carbons (Fsp3) is 0.933. The van der Waals surface area contributed by atoms with E-state index in [0.717, 1.165) is 12.5 Å². The fourth-order valence-corrected chi connectivity index (χ4v) is 2.84. The lowest BCUT2D eigenvalue weighted by Gasteiger charge is -2.41. The van der Waals surface area contributed by atoms with Crippen LogP contribution in [0.25, 0.3) is 0 Å². The zero-order valence-electron chi connectivity index (χ0n) is 12.1. The Labute approximate surface area is 107 Å². The maximum Gasteiger partial charge on any atom is 0.0697 e. The molecule has 0 radical (unpaired) electrons. The molecule has 0 aliphatic heterocycles. The first kappa shape index (κ1) is 14.5. The van der Waals surface area contributed by atoms with E-state index in [1.165, 1.54) is 25.7 Å². The van der Waals surface area contributed by atoms with Crippen molar-refractivity contribution in [2.75, 3.05) is 6.54 Å². The number of nitriles is 1. The highest BCUT2D eigenvalue weighted by molar-refractivity contribution is 4.96. The Kier molecular flexibility index (Phi) is 4.61. The van der Waals surface area contributed by atoms with Crippen LogP contribution in [0.15, 0.2) is 0 Å². The first-order valence-corrected chi connectivity index (χ1v) is 6.91. The molecule has 0 saturated heterocycles. The van der Waals surface area contributed by atoms with Gasteiger partial charge < -0.3 is 5.32 Å². The van der Waals surface area contributed by atoms with Crippen molar-refractivity contribution in [3.8, 4) is 6.07 Å². The minimum Gasteiger partial charge on any atom is -0.312 e. The van der Waals surface area contributed by atoms with Crippen LogP contribution in [0.2, 0.25) is 0 Å². The van der Waals surface area contributed by atoms with E-state index < -0.39 is 0 Å². The van der Waals surface area contributed by atoms with Gasteiger partial charge in [0.2, 0.25) is 0 Å². The SMILES string of the molecule is CC(C)(C#N)CNC1CCCCC1C(C)(C)C. The molecule has 2 unspecified atom stereocenters. The predicted octanol–water partition coefficient (Wildman–Crippen LogP) is 3.73. The van der Waals surface area contributed by atoms with E-state index in [4.69, 9.17) is 5.26 Å². The van der Waals surface area contributed by atoms with Gasteiger partial charge in [-0.25, -0.2) is 0 Å². The second kappa shape index (κ2) is 5.40. The predicted molar refractivity (Wildman–Crippen MR) is 72.6 cm³/mol. The Hall–Kier alpha value is -0.550. The Morgan fingerprint density at radius 3 is 2.24 bits per heavy atom. The van der Waals surface area contributed by atoms with E-state index in [1.54, 1.807) is 0 Å². The van der Waals surface area contributed by atoms with Crippen LogP contribution in [-0.4, -0.2) is 12.6 Å². The third-order valence-corrected chi connectivity index (χ3v) is 3.99. The second-order valence-electron chi connectivity index (χ2n) is 7.24. The molecule has 0 amide bonds. The summed E-state index contributed by atoms with van der Waals surface area (Å²) in [6.07, 6.45) is 5.29. The lowest BCUT2D eigenvalue weighted by atomic mass is 9.69. The molecule has 0 aromatic rings. The average Bonchev–Trinajstić information content (AvgIpc) is 2.26. The third-order valence-electron chi connectivity index (χ3n) is 3.99. The summed E-state index contributed by atoms with van der Waals surface area (Å²) in [7, 11) is 0. The van der Waals surface area contributed by atoms with E-state index in [-0.39, 0.29) is 5.41 Å². The quantitative estimate of drug-likeness (QED) is 0.810. The molecule has 98 valence electrons. The van der Waals surface area contributed by atoms with E-state index in [2.05, 4.69) is 32.2 Å². The molecule has 2 atom stereocenters. The third kappa shape index (κ3) is 4.32. The van der Waals surface area contributed by atoms with E-state index in [9.17, 15) is 0 Å². The zero-order valence-corrected chi connectivity index (χ0v) is 12.1. The maximum absolute atomic E-state index is 9.06. The lowest BCUT2D eigenvalue weighted by molar-refractivity contribution is 0.126. The Morgan fingerprint density at radius 2 is 1.71 bits per heavy atom. The standard InChI is InChI=1S/C15H28N2/c1-14(2,3)12-8-6-7-9-13(12)17-11-15(4,5)10-16/h12-13,17H,6-9,11H2,1-5H3. The van der Waals surface area contributed by atoms with Crippen LogP contribution in [0.1, 0.15) is 60.3 Å². The molecule has 2 nitrogen and oxygen atoms in total. The van der Waals surface area contributed by atoms with Crippen molar-refractivity contribution >= 4 is 0 Å². The monoisotopic (exact) mass is 236 g/mol. The van der Waals surface area contributed by atoms with Crippen LogP contribution >= 0.6 is 0 Å². The summed E-state index contributed by atoms with van der Waals surface area (Å²) in [4.78, 5) is 0. The van der Waals surface area contributed by atoms with Gasteiger partial charge in [-0.15, -0.1) is 0 Å². The molecular formula is C15H28N2. The Balaban J connectivity index is 2.58. The molecule has 2 heteroatoms. The van der Waals surface area contributed by atoms with Gasteiger partial charge in [-0.1, -0.05) is 33.6 Å².